The van der Waals surface area contributed by atoms with E-state index in [-0.39, 0.29) is 23.0 Å². The van der Waals surface area contributed by atoms with Crippen LogP contribution in [0, 0.1) is 17.0 Å². The Morgan fingerprint density at radius 2 is 2.00 bits per heavy atom. The molecular weight excluding hydrogens is 344 g/mol. The van der Waals surface area contributed by atoms with Gasteiger partial charge in [0.25, 0.3) is 5.69 Å². The molecule has 0 N–H and O–H groups in total. The predicted octanol–water partition coefficient (Wildman–Crippen LogP) is 4.46. The lowest BCUT2D eigenvalue weighted by Gasteiger charge is -2.09. The van der Waals surface area contributed by atoms with Gasteiger partial charge in [-0.3, -0.25) is 10.1 Å². The molecule has 1 heterocycles. The molecule has 1 aromatic heterocycles. The van der Waals surface area contributed by atoms with Gasteiger partial charge in [0.2, 0.25) is 0 Å². The van der Waals surface area contributed by atoms with Gasteiger partial charge < -0.3 is 4.74 Å². The smallest absolute Gasteiger partial charge is 0.345 e. The van der Waals surface area contributed by atoms with Gasteiger partial charge in [-0.15, -0.1) is 0 Å². The Morgan fingerprint density at radius 3 is 2.76 bits per heavy atom. The molecule has 0 fully saturated rings. The number of fused-ring (bicyclic) bond motifs is 1. The molecule has 0 bridgehead atoms. The minimum absolute atomic E-state index is 0.0881. The quantitative estimate of drug-likeness (QED) is 0.298. The van der Waals surface area contributed by atoms with Crippen molar-refractivity contribution in [2.24, 2.45) is 0 Å². The summed E-state index contributed by atoms with van der Waals surface area (Å²) in [7, 11) is 0. The highest BCUT2D eigenvalue weighted by Gasteiger charge is 2.23. The molecule has 0 radical (unpaired) electrons. The Hall–Kier alpha value is -2.99. The number of hydrogen-bond donors (Lipinski definition) is 0. The fourth-order valence-electron chi connectivity index (χ4n) is 2.52. The molecule has 2 aromatic carbocycles. The average molecular weight is 357 g/mol. The number of pyridine rings is 1. The third-order valence-electron chi connectivity index (χ3n) is 3.75. The second-order valence-corrected chi connectivity index (χ2v) is 5.79. The number of carbonyl (C=O) groups is 1. The summed E-state index contributed by atoms with van der Waals surface area (Å²) in [5.74, 6) is -0.778. The SMILES string of the molecule is Cc1cccc(C(=O)OCc2cc3ccccc3nc2Cl)c1[N+](=O)[O-]. The summed E-state index contributed by atoms with van der Waals surface area (Å²) >= 11 is 6.13. The first-order chi connectivity index (χ1) is 12.0. The van der Waals surface area contributed by atoms with Gasteiger partial charge in [-0.05, 0) is 25.1 Å². The molecule has 0 unspecified atom stereocenters. The van der Waals surface area contributed by atoms with Crippen molar-refractivity contribution in [3.63, 3.8) is 0 Å². The highest BCUT2D eigenvalue weighted by atomic mass is 35.5. The molecule has 0 spiro atoms. The fourth-order valence-corrected chi connectivity index (χ4v) is 2.72. The zero-order valence-corrected chi connectivity index (χ0v) is 14.0. The second-order valence-electron chi connectivity index (χ2n) is 5.44. The molecule has 0 amide bonds. The van der Waals surface area contributed by atoms with E-state index in [1.807, 2.05) is 24.3 Å². The molecule has 3 aromatic rings. The van der Waals surface area contributed by atoms with E-state index in [9.17, 15) is 14.9 Å². The first kappa shape index (κ1) is 16.9. The third-order valence-corrected chi connectivity index (χ3v) is 4.08. The predicted molar refractivity (Wildman–Crippen MR) is 93.7 cm³/mol. The Labute approximate surface area is 148 Å². The Bertz CT molecular complexity index is 988. The van der Waals surface area contributed by atoms with Crippen molar-refractivity contribution < 1.29 is 14.5 Å². The lowest BCUT2D eigenvalue weighted by molar-refractivity contribution is -0.385. The summed E-state index contributed by atoms with van der Waals surface area (Å²) in [6.45, 7) is 1.44. The Balaban J connectivity index is 1.85. The number of nitro benzene ring substituents is 1. The van der Waals surface area contributed by atoms with E-state index in [0.717, 1.165) is 10.9 Å². The van der Waals surface area contributed by atoms with Crippen molar-refractivity contribution >= 4 is 34.2 Å². The van der Waals surface area contributed by atoms with Crippen molar-refractivity contribution in [2.45, 2.75) is 13.5 Å². The van der Waals surface area contributed by atoms with Crippen LogP contribution in [0.25, 0.3) is 10.9 Å². The minimum atomic E-state index is -0.778. The number of halogens is 1. The number of carbonyl (C=O) groups excluding carboxylic acids is 1. The van der Waals surface area contributed by atoms with Gasteiger partial charge in [0, 0.05) is 16.5 Å². The van der Waals surface area contributed by atoms with Crippen LogP contribution in [0.2, 0.25) is 5.15 Å². The van der Waals surface area contributed by atoms with Crippen molar-refractivity contribution in [3.8, 4) is 0 Å². The summed E-state index contributed by atoms with van der Waals surface area (Å²) in [4.78, 5) is 27.1. The van der Waals surface area contributed by atoms with E-state index in [1.165, 1.54) is 6.07 Å². The summed E-state index contributed by atoms with van der Waals surface area (Å²) in [6, 6.07) is 13.7. The van der Waals surface area contributed by atoms with Gasteiger partial charge in [-0.25, -0.2) is 9.78 Å². The van der Waals surface area contributed by atoms with E-state index in [0.29, 0.717) is 11.1 Å². The molecule has 0 aliphatic rings. The molecule has 0 saturated carbocycles. The molecule has 6 nitrogen and oxygen atoms in total. The fraction of sp³-hybridized carbons (Fsp3) is 0.111. The van der Waals surface area contributed by atoms with Crippen molar-refractivity contribution in [1.82, 2.24) is 4.98 Å². The third kappa shape index (κ3) is 3.44. The van der Waals surface area contributed by atoms with Gasteiger partial charge in [0.1, 0.15) is 17.3 Å². The maximum atomic E-state index is 12.3. The lowest BCUT2D eigenvalue weighted by atomic mass is 10.1. The molecule has 3 rings (SSSR count). The van der Waals surface area contributed by atoms with Crippen molar-refractivity contribution in [2.75, 3.05) is 0 Å². The maximum Gasteiger partial charge on any atom is 0.345 e. The number of para-hydroxylation sites is 2. The van der Waals surface area contributed by atoms with Crippen LogP contribution >= 0.6 is 11.6 Å². The minimum Gasteiger partial charge on any atom is -0.457 e. The molecule has 0 saturated heterocycles. The summed E-state index contributed by atoms with van der Waals surface area (Å²) in [6.07, 6.45) is 0. The molecule has 0 aliphatic heterocycles. The number of esters is 1. The first-order valence-electron chi connectivity index (χ1n) is 7.42. The number of ether oxygens (including phenoxy) is 1. The van der Waals surface area contributed by atoms with E-state index in [2.05, 4.69) is 4.98 Å². The molecular formula is C18H13ClN2O4. The maximum absolute atomic E-state index is 12.3. The number of benzene rings is 2. The van der Waals surface area contributed by atoms with Gasteiger partial charge in [0.05, 0.1) is 10.4 Å². The standard InChI is InChI=1S/C18H13ClN2O4/c1-11-5-4-7-14(16(11)21(23)24)18(22)25-10-13-9-12-6-2-3-8-15(12)20-17(13)19/h2-9H,10H2,1H3. The van der Waals surface area contributed by atoms with E-state index >= 15 is 0 Å². The zero-order chi connectivity index (χ0) is 18.0. The Kier molecular flexibility index (Phi) is 4.63. The van der Waals surface area contributed by atoms with Gasteiger partial charge in [-0.1, -0.05) is 41.9 Å². The van der Waals surface area contributed by atoms with Crippen LogP contribution in [0.4, 0.5) is 5.69 Å². The van der Waals surface area contributed by atoms with E-state index in [1.54, 1.807) is 25.1 Å². The van der Waals surface area contributed by atoms with Gasteiger partial charge >= 0.3 is 5.97 Å². The van der Waals surface area contributed by atoms with E-state index < -0.39 is 10.9 Å². The van der Waals surface area contributed by atoms with Crippen LogP contribution in [0.15, 0.2) is 48.5 Å². The number of aromatic nitrogens is 1. The summed E-state index contributed by atoms with van der Waals surface area (Å²) < 4.78 is 5.22. The zero-order valence-electron chi connectivity index (χ0n) is 13.2. The average Bonchev–Trinajstić information content (AvgIpc) is 2.59. The van der Waals surface area contributed by atoms with Crippen LogP contribution < -0.4 is 0 Å². The lowest BCUT2D eigenvalue weighted by Crippen LogP contribution is -2.09. The first-order valence-corrected chi connectivity index (χ1v) is 7.80. The summed E-state index contributed by atoms with van der Waals surface area (Å²) in [5.41, 5.74) is 1.32. The molecule has 0 aliphatic carbocycles. The van der Waals surface area contributed by atoms with Gasteiger partial charge in [0.15, 0.2) is 0 Å². The number of aryl methyl sites for hydroxylation is 1. The van der Waals surface area contributed by atoms with Crippen LogP contribution in [-0.4, -0.2) is 15.9 Å². The topological polar surface area (TPSA) is 82.3 Å². The number of rotatable bonds is 4. The number of nitrogens with zero attached hydrogens (tertiary/aromatic N) is 2. The monoisotopic (exact) mass is 356 g/mol. The van der Waals surface area contributed by atoms with Crippen LogP contribution in [0.1, 0.15) is 21.5 Å². The molecule has 7 heteroatoms. The van der Waals surface area contributed by atoms with Crippen molar-refractivity contribution in [3.05, 3.63) is 80.5 Å². The van der Waals surface area contributed by atoms with Gasteiger partial charge in [-0.2, -0.15) is 0 Å². The second kappa shape index (κ2) is 6.86. The highest BCUT2D eigenvalue weighted by Crippen LogP contribution is 2.25. The Morgan fingerprint density at radius 1 is 1.24 bits per heavy atom. The number of hydrogen-bond acceptors (Lipinski definition) is 5. The molecule has 0 atom stereocenters. The number of nitro groups is 1. The summed E-state index contributed by atoms with van der Waals surface area (Å²) in [5, 5.41) is 12.3. The van der Waals surface area contributed by atoms with E-state index in [4.69, 9.17) is 16.3 Å². The van der Waals surface area contributed by atoms with Crippen LogP contribution in [0.5, 0.6) is 0 Å². The highest BCUT2D eigenvalue weighted by molar-refractivity contribution is 6.30. The normalized spacial score (nSPS) is 10.6. The van der Waals surface area contributed by atoms with Crippen molar-refractivity contribution in [1.29, 1.82) is 0 Å². The molecule has 126 valence electrons. The van der Waals surface area contributed by atoms with Crippen LogP contribution in [0.3, 0.4) is 0 Å². The largest absolute Gasteiger partial charge is 0.457 e. The molecule has 25 heavy (non-hydrogen) atoms. The van der Waals surface area contributed by atoms with Crippen LogP contribution in [-0.2, 0) is 11.3 Å².